The Morgan fingerprint density at radius 1 is 1.20 bits per heavy atom. The molecule has 0 atom stereocenters. The Balaban J connectivity index is 2.53. The highest BCUT2D eigenvalue weighted by atomic mass is 32.2. The van der Waals surface area contributed by atoms with Crippen molar-refractivity contribution < 1.29 is 0 Å². The fraction of sp³-hybridized carbons (Fsp3) is 0.333. The summed E-state index contributed by atoms with van der Waals surface area (Å²) in [6.07, 6.45) is 0. The Labute approximate surface area is 65.6 Å². The first-order chi connectivity index (χ1) is 4.70. The zero-order valence-electron chi connectivity index (χ0n) is 6.22. The van der Waals surface area contributed by atoms with Gasteiger partial charge in [-0.05, 0) is 25.5 Å². The Kier molecular flexibility index (Phi) is 1.13. The molecule has 1 aliphatic heterocycles. The van der Waals surface area contributed by atoms with E-state index < -0.39 is 0 Å². The van der Waals surface area contributed by atoms with E-state index >= 15 is 0 Å². The maximum Gasteiger partial charge on any atom is 0.0410 e. The summed E-state index contributed by atoms with van der Waals surface area (Å²) in [5, 5.41) is 0. The van der Waals surface area contributed by atoms with Crippen molar-refractivity contribution in [2.75, 3.05) is 0 Å². The second-order valence-electron chi connectivity index (χ2n) is 3.11. The molecule has 1 aromatic rings. The molecular formula is C9H10S. The van der Waals surface area contributed by atoms with Gasteiger partial charge in [0.15, 0.2) is 0 Å². The molecule has 0 bridgehead atoms. The molecule has 0 aromatic heterocycles. The van der Waals surface area contributed by atoms with Crippen molar-refractivity contribution >= 4 is 11.8 Å². The van der Waals surface area contributed by atoms with Crippen LogP contribution in [0.5, 0.6) is 0 Å². The van der Waals surface area contributed by atoms with Crippen LogP contribution in [-0.2, 0) is 4.75 Å². The fourth-order valence-electron chi connectivity index (χ4n) is 1.34. The topological polar surface area (TPSA) is 0 Å². The molecular weight excluding hydrogens is 140 g/mol. The molecule has 0 saturated heterocycles. The predicted octanol–water partition coefficient (Wildman–Crippen LogP) is 3.03. The Morgan fingerprint density at radius 3 is 2.40 bits per heavy atom. The van der Waals surface area contributed by atoms with E-state index in [1.807, 2.05) is 11.8 Å². The van der Waals surface area contributed by atoms with Gasteiger partial charge in [0.1, 0.15) is 0 Å². The van der Waals surface area contributed by atoms with Crippen LogP contribution in [0.1, 0.15) is 19.4 Å². The SMILES string of the molecule is CC1(C)Sc2ccccc21. The maximum absolute atomic E-state index is 2.26. The van der Waals surface area contributed by atoms with Gasteiger partial charge in [0.25, 0.3) is 0 Å². The number of benzene rings is 1. The summed E-state index contributed by atoms with van der Waals surface area (Å²) in [6.45, 7) is 4.53. The smallest absolute Gasteiger partial charge is 0.0410 e. The number of fused-ring (bicyclic) bond motifs is 1. The number of hydrogen-bond acceptors (Lipinski definition) is 1. The lowest BCUT2D eigenvalue weighted by Gasteiger charge is -2.36. The maximum atomic E-state index is 2.26. The van der Waals surface area contributed by atoms with Crippen molar-refractivity contribution in [2.45, 2.75) is 23.5 Å². The molecule has 0 aliphatic carbocycles. The lowest BCUT2D eigenvalue weighted by atomic mass is 10.0. The molecule has 0 spiro atoms. The molecule has 2 rings (SSSR count). The number of rotatable bonds is 0. The number of hydrogen-bond donors (Lipinski definition) is 0. The van der Waals surface area contributed by atoms with Crippen LogP contribution in [0.3, 0.4) is 0 Å². The van der Waals surface area contributed by atoms with Crippen LogP contribution in [0, 0.1) is 0 Å². The van der Waals surface area contributed by atoms with Gasteiger partial charge in [0, 0.05) is 9.64 Å². The third kappa shape index (κ3) is 0.702. The summed E-state index contributed by atoms with van der Waals surface area (Å²) in [5.74, 6) is 0. The van der Waals surface area contributed by atoms with Crippen molar-refractivity contribution in [2.24, 2.45) is 0 Å². The van der Waals surface area contributed by atoms with E-state index in [4.69, 9.17) is 0 Å². The zero-order valence-corrected chi connectivity index (χ0v) is 7.03. The fourth-order valence-corrected chi connectivity index (χ4v) is 2.60. The molecule has 0 nitrogen and oxygen atoms in total. The van der Waals surface area contributed by atoms with Crippen LogP contribution in [0.4, 0.5) is 0 Å². The van der Waals surface area contributed by atoms with Gasteiger partial charge in [0.2, 0.25) is 0 Å². The third-order valence-corrected chi connectivity index (χ3v) is 3.21. The molecule has 0 fully saturated rings. The third-order valence-electron chi connectivity index (χ3n) is 1.90. The van der Waals surface area contributed by atoms with Crippen molar-refractivity contribution in [3.05, 3.63) is 29.8 Å². The van der Waals surface area contributed by atoms with E-state index in [9.17, 15) is 0 Å². The van der Waals surface area contributed by atoms with Gasteiger partial charge >= 0.3 is 0 Å². The van der Waals surface area contributed by atoms with Gasteiger partial charge in [0.05, 0.1) is 0 Å². The van der Waals surface area contributed by atoms with Gasteiger partial charge in [-0.1, -0.05) is 18.2 Å². The molecule has 10 heavy (non-hydrogen) atoms. The van der Waals surface area contributed by atoms with Crippen molar-refractivity contribution in [3.63, 3.8) is 0 Å². The molecule has 0 unspecified atom stereocenters. The van der Waals surface area contributed by atoms with E-state index in [1.54, 1.807) is 0 Å². The van der Waals surface area contributed by atoms with E-state index in [0.29, 0.717) is 4.75 Å². The predicted molar refractivity (Wildman–Crippen MR) is 45.3 cm³/mol. The summed E-state index contributed by atoms with van der Waals surface area (Å²) in [7, 11) is 0. The molecule has 1 aromatic carbocycles. The minimum Gasteiger partial charge on any atom is -0.115 e. The summed E-state index contributed by atoms with van der Waals surface area (Å²) in [6, 6.07) is 8.61. The van der Waals surface area contributed by atoms with E-state index in [1.165, 1.54) is 10.5 Å². The Bertz CT molecular complexity index is 263. The average molecular weight is 150 g/mol. The van der Waals surface area contributed by atoms with Gasteiger partial charge in [-0.25, -0.2) is 0 Å². The van der Waals surface area contributed by atoms with E-state index in [2.05, 4.69) is 38.1 Å². The second kappa shape index (κ2) is 1.79. The van der Waals surface area contributed by atoms with Gasteiger partial charge in [-0.15, -0.1) is 11.8 Å². The largest absolute Gasteiger partial charge is 0.115 e. The van der Waals surface area contributed by atoms with Crippen molar-refractivity contribution in [1.82, 2.24) is 0 Å². The van der Waals surface area contributed by atoms with Crippen LogP contribution < -0.4 is 0 Å². The normalized spacial score (nSPS) is 19.4. The van der Waals surface area contributed by atoms with Crippen molar-refractivity contribution in [3.8, 4) is 0 Å². The first-order valence-corrected chi connectivity index (χ1v) is 4.30. The van der Waals surface area contributed by atoms with Gasteiger partial charge in [-0.3, -0.25) is 0 Å². The highest BCUT2D eigenvalue weighted by Crippen LogP contribution is 2.53. The second-order valence-corrected chi connectivity index (χ2v) is 4.77. The summed E-state index contributed by atoms with van der Waals surface area (Å²) in [5.41, 5.74) is 1.50. The van der Waals surface area contributed by atoms with Gasteiger partial charge in [-0.2, -0.15) is 0 Å². The van der Waals surface area contributed by atoms with Crippen LogP contribution in [0.2, 0.25) is 0 Å². The van der Waals surface area contributed by atoms with E-state index in [-0.39, 0.29) is 0 Å². The summed E-state index contributed by atoms with van der Waals surface area (Å²) >= 11 is 1.96. The molecule has 0 saturated carbocycles. The minimum absolute atomic E-state index is 0.372. The summed E-state index contributed by atoms with van der Waals surface area (Å²) in [4.78, 5) is 1.45. The lowest BCUT2D eigenvalue weighted by molar-refractivity contribution is 0.725. The molecule has 1 heteroatoms. The Hall–Kier alpha value is -0.430. The average Bonchev–Trinajstić information content (AvgIpc) is 1.86. The minimum atomic E-state index is 0.372. The molecule has 0 N–H and O–H groups in total. The first kappa shape index (κ1) is 6.29. The standard InChI is InChI=1S/C9H10S/c1-9(2)7-5-3-4-6-8(7)10-9/h3-6H,1-2H3. The molecule has 1 aliphatic rings. The molecule has 52 valence electrons. The molecule has 1 heterocycles. The number of thioether (sulfide) groups is 1. The Morgan fingerprint density at radius 2 is 1.90 bits per heavy atom. The van der Waals surface area contributed by atoms with E-state index in [0.717, 1.165) is 0 Å². The van der Waals surface area contributed by atoms with Crippen molar-refractivity contribution in [1.29, 1.82) is 0 Å². The van der Waals surface area contributed by atoms with Gasteiger partial charge < -0.3 is 0 Å². The zero-order chi connectivity index (χ0) is 7.19. The van der Waals surface area contributed by atoms with Crippen LogP contribution in [0.15, 0.2) is 29.2 Å². The van der Waals surface area contributed by atoms with Crippen LogP contribution in [-0.4, -0.2) is 0 Å². The highest BCUT2D eigenvalue weighted by molar-refractivity contribution is 8.01. The first-order valence-electron chi connectivity index (χ1n) is 3.49. The summed E-state index contributed by atoms with van der Waals surface area (Å²) < 4.78 is 0.372. The molecule has 0 radical (unpaired) electrons. The monoisotopic (exact) mass is 150 g/mol. The highest BCUT2D eigenvalue weighted by Gasteiger charge is 2.33. The lowest BCUT2D eigenvalue weighted by Crippen LogP contribution is -2.21. The molecule has 0 amide bonds. The van der Waals surface area contributed by atoms with Crippen LogP contribution in [0.25, 0.3) is 0 Å². The quantitative estimate of drug-likeness (QED) is 0.547. The van der Waals surface area contributed by atoms with Crippen LogP contribution >= 0.6 is 11.8 Å².